The summed E-state index contributed by atoms with van der Waals surface area (Å²) in [5.41, 5.74) is -7.13. The minimum absolute atomic E-state index is 0.00473. The Balaban J connectivity index is 1.47. The van der Waals surface area contributed by atoms with Gasteiger partial charge in [0.1, 0.15) is 35.1 Å². The number of rotatable bonds is 9. The number of ether oxygens (including phenoxy) is 5. The molecule has 14 heteroatoms. The number of benzene rings is 2. The Morgan fingerprint density at radius 2 is 1.60 bits per heavy atom. The number of hydrogen-bond acceptors (Lipinski definition) is 13. The van der Waals surface area contributed by atoms with E-state index >= 15 is 0 Å². The van der Waals surface area contributed by atoms with E-state index in [1.54, 1.807) is 97.0 Å². The fourth-order valence-corrected chi connectivity index (χ4v) is 9.63. The van der Waals surface area contributed by atoms with Crippen LogP contribution in [0.4, 0.5) is 4.79 Å². The molecule has 2 bridgehead atoms. The van der Waals surface area contributed by atoms with E-state index in [4.69, 9.17) is 23.7 Å². The molecule has 0 spiro atoms. The van der Waals surface area contributed by atoms with E-state index in [2.05, 4.69) is 5.32 Å². The fraction of sp³-hybridized carbons (Fsp3) is 0.581. The van der Waals surface area contributed by atoms with Gasteiger partial charge in [-0.1, -0.05) is 62.4 Å². The summed E-state index contributed by atoms with van der Waals surface area (Å²) in [7, 11) is 0. The standard InChI is InChI=1S/C43H55NO13/c1-9-54-42-22-53-28(42)20-27(45)41(8)33(42)35(56-36(49)25-18-14-11-15-19-25)43(52)21-26(23(2)29(40(43,6)7)31(46)34(41)48)55-37(50)32(47)30(24-16-12-10-13-17-24)44-38(51)57-39(3,4)5/h10-19,26-28,30-33,35,45-47,52H,9,20-22H2,1-8H3,(H,44,51)/t26-,27-,28+,30-,31+,32+,33?,35?,41+,42-,43+/m0/s1. The third-order valence-corrected chi connectivity index (χ3v) is 12.6. The molecule has 1 saturated heterocycles. The van der Waals surface area contributed by atoms with Crippen LogP contribution < -0.4 is 5.32 Å². The van der Waals surface area contributed by atoms with Gasteiger partial charge in [-0.3, -0.25) is 4.79 Å². The molecule has 14 nitrogen and oxygen atoms in total. The van der Waals surface area contributed by atoms with Crippen molar-refractivity contribution in [1.82, 2.24) is 5.32 Å². The molecule has 1 heterocycles. The maximum atomic E-state index is 14.9. The van der Waals surface area contributed by atoms with Gasteiger partial charge in [-0.05, 0) is 70.4 Å². The Morgan fingerprint density at radius 3 is 2.16 bits per heavy atom. The third-order valence-electron chi connectivity index (χ3n) is 12.6. The molecule has 2 unspecified atom stereocenters. The van der Waals surface area contributed by atoms with Crippen molar-refractivity contribution >= 4 is 23.8 Å². The Bertz CT molecular complexity index is 1890. The molecule has 5 N–H and O–H groups in total. The first-order chi connectivity index (χ1) is 26.6. The van der Waals surface area contributed by atoms with Gasteiger partial charge in [0.15, 0.2) is 11.9 Å². The van der Waals surface area contributed by atoms with Crippen LogP contribution >= 0.6 is 0 Å². The second-order valence-electron chi connectivity index (χ2n) is 17.4. The number of carbonyl (C=O) groups is 4. The molecular formula is C43H55NO13. The molecule has 0 aromatic heterocycles. The minimum Gasteiger partial charge on any atom is -0.456 e. The second-order valence-corrected chi connectivity index (χ2v) is 17.4. The van der Waals surface area contributed by atoms with E-state index in [1.165, 1.54) is 19.1 Å². The number of hydrogen-bond donors (Lipinski definition) is 5. The van der Waals surface area contributed by atoms with Crippen molar-refractivity contribution < 1.29 is 63.3 Å². The second kappa shape index (κ2) is 15.2. The average molecular weight is 794 g/mol. The lowest BCUT2D eigenvalue weighted by atomic mass is 9.44. The summed E-state index contributed by atoms with van der Waals surface area (Å²) < 4.78 is 30.2. The van der Waals surface area contributed by atoms with E-state index in [-0.39, 0.29) is 36.3 Å². The van der Waals surface area contributed by atoms with Crippen molar-refractivity contribution in [3.05, 3.63) is 82.9 Å². The van der Waals surface area contributed by atoms with Gasteiger partial charge in [0.2, 0.25) is 0 Å². The maximum Gasteiger partial charge on any atom is 0.408 e. The summed E-state index contributed by atoms with van der Waals surface area (Å²) in [5.74, 6) is -4.11. The molecule has 1 amide bonds. The first-order valence-corrected chi connectivity index (χ1v) is 19.4. The van der Waals surface area contributed by atoms with Gasteiger partial charge in [0.25, 0.3) is 0 Å². The normalized spacial score (nSPS) is 34.2. The zero-order valence-electron chi connectivity index (χ0n) is 33.7. The number of alkyl carbamates (subject to hydrolysis) is 1. The van der Waals surface area contributed by atoms with Gasteiger partial charge >= 0.3 is 18.0 Å². The van der Waals surface area contributed by atoms with Crippen molar-refractivity contribution in [2.75, 3.05) is 13.2 Å². The van der Waals surface area contributed by atoms with Gasteiger partial charge in [-0.15, -0.1) is 0 Å². The Kier molecular flexibility index (Phi) is 11.3. The van der Waals surface area contributed by atoms with Crippen LogP contribution in [0.25, 0.3) is 0 Å². The third kappa shape index (κ3) is 7.08. The average Bonchev–Trinajstić information content (AvgIpc) is 3.15. The molecule has 57 heavy (non-hydrogen) atoms. The van der Waals surface area contributed by atoms with Crippen molar-refractivity contribution in [3.8, 4) is 0 Å². The molecule has 3 fully saturated rings. The molecule has 6 rings (SSSR count). The van der Waals surface area contributed by atoms with Crippen LogP contribution in [0.5, 0.6) is 0 Å². The van der Waals surface area contributed by atoms with Crippen molar-refractivity contribution in [2.24, 2.45) is 16.7 Å². The predicted molar refractivity (Wildman–Crippen MR) is 203 cm³/mol. The fourth-order valence-electron chi connectivity index (χ4n) is 9.63. The zero-order valence-corrected chi connectivity index (χ0v) is 33.7. The Labute approximate surface area is 332 Å². The molecule has 2 aromatic carbocycles. The van der Waals surface area contributed by atoms with Crippen LogP contribution in [-0.2, 0) is 33.3 Å². The molecule has 4 aliphatic rings. The van der Waals surface area contributed by atoms with Gasteiger partial charge < -0.3 is 49.4 Å². The van der Waals surface area contributed by atoms with E-state index in [0.29, 0.717) is 5.56 Å². The zero-order chi connectivity index (χ0) is 41.9. The number of Topliss-reactive ketones (excluding diaryl/α,β-unsaturated/α-hetero) is 1. The number of ketones is 1. The van der Waals surface area contributed by atoms with Gasteiger partial charge in [-0.25, -0.2) is 14.4 Å². The van der Waals surface area contributed by atoms with Gasteiger partial charge in [-0.2, -0.15) is 0 Å². The molecule has 0 radical (unpaired) electrons. The van der Waals surface area contributed by atoms with E-state index in [9.17, 15) is 39.6 Å². The van der Waals surface area contributed by atoms with Crippen molar-refractivity contribution in [2.45, 2.75) is 128 Å². The van der Waals surface area contributed by atoms with Gasteiger partial charge in [0, 0.05) is 30.8 Å². The number of aliphatic hydroxyl groups excluding tert-OH is 3. The molecule has 11 atom stereocenters. The number of nitrogens with one attached hydrogen (secondary N) is 1. The molecule has 1 aliphatic heterocycles. The molecule has 2 aromatic rings. The summed E-state index contributed by atoms with van der Waals surface area (Å²) in [5, 5.41) is 51.6. The van der Waals surface area contributed by atoms with Crippen LogP contribution in [-0.4, -0.2) is 111 Å². The number of amides is 1. The highest BCUT2D eigenvalue weighted by molar-refractivity contribution is 5.94. The summed E-state index contributed by atoms with van der Waals surface area (Å²) in [6, 6.07) is 15.0. The number of esters is 2. The largest absolute Gasteiger partial charge is 0.456 e. The predicted octanol–water partition coefficient (Wildman–Crippen LogP) is 3.73. The Morgan fingerprint density at radius 1 is 0.982 bits per heavy atom. The quantitative estimate of drug-likeness (QED) is 0.140. The lowest BCUT2D eigenvalue weighted by Gasteiger charge is -2.68. The summed E-state index contributed by atoms with van der Waals surface area (Å²) in [6.45, 7) is 13.1. The van der Waals surface area contributed by atoms with Crippen LogP contribution in [0.3, 0.4) is 0 Å². The lowest BCUT2D eigenvalue weighted by Crippen LogP contribution is -2.81. The number of aliphatic hydroxyl groups is 4. The van der Waals surface area contributed by atoms with Crippen molar-refractivity contribution in [3.63, 3.8) is 0 Å². The summed E-state index contributed by atoms with van der Waals surface area (Å²) >= 11 is 0. The highest BCUT2D eigenvalue weighted by atomic mass is 16.6. The van der Waals surface area contributed by atoms with E-state index in [0.717, 1.165) is 0 Å². The van der Waals surface area contributed by atoms with Crippen LogP contribution in [0, 0.1) is 16.7 Å². The molecular weight excluding hydrogens is 738 g/mol. The molecule has 2 saturated carbocycles. The smallest absolute Gasteiger partial charge is 0.408 e. The van der Waals surface area contributed by atoms with E-state index in [1.807, 2.05) is 0 Å². The molecule has 3 aliphatic carbocycles. The number of carbonyl (C=O) groups excluding carboxylic acids is 4. The van der Waals surface area contributed by atoms with Crippen LogP contribution in [0.1, 0.15) is 90.2 Å². The Hall–Kier alpha value is -4.18. The summed E-state index contributed by atoms with van der Waals surface area (Å²) in [4.78, 5) is 56.1. The SMILES string of the molecule is CCO[C@@]12CO[C@@H]1C[C@H](O)[C@@]1(C)C(=O)[C@H](O)C3=C(C)[C@@H](OC(=O)[C@H](O)[C@@H](NC(=O)OC(C)(C)C)c4ccccc4)C[C@@](O)(C(OC(=O)c4ccccc4)C12)C3(C)C. The topological polar surface area (TPSA) is 207 Å². The highest BCUT2D eigenvalue weighted by Crippen LogP contribution is 2.64. The van der Waals surface area contributed by atoms with Crippen LogP contribution in [0.15, 0.2) is 71.8 Å². The molecule has 310 valence electrons. The first-order valence-electron chi connectivity index (χ1n) is 19.4. The van der Waals surface area contributed by atoms with E-state index < -0.39 is 106 Å². The monoisotopic (exact) mass is 793 g/mol. The van der Waals surface area contributed by atoms with Crippen molar-refractivity contribution in [1.29, 1.82) is 0 Å². The number of fused-ring (bicyclic) bond motifs is 5. The summed E-state index contributed by atoms with van der Waals surface area (Å²) in [6.07, 6.45) is -10.5. The van der Waals surface area contributed by atoms with Crippen LogP contribution in [0.2, 0.25) is 0 Å². The first kappa shape index (κ1) is 42.4. The highest BCUT2D eigenvalue weighted by Gasteiger charge is 2.77. The maximum absolute atomic E-state index is 14.9. The lowest BCUT2D eigenvalue weighted by molar-refractivity contribution is -0.356. The minimum atomic E-state index is -2.23. The van der Waals surface area contributed by atoms with Gasteiger partial charge in [0.05, 0.1) is 35.8 Å².